The summed E-state index contributed by atoms with van der Waals surface area (Å²) < 4.78 is 18.2. The molecule has 2 unspecified atom stereocenters. The number of rotatable bonds is 14. The van der Waals surface area contributed by atoms with E-state index in [0.29, 0.717) is 11.8 Å². The molecule has 42 heavy (non-hydrogen) atoms. The molecule has 0 aliphatic heterocycles. The highest BCUT2D eigenvalue weighted by Gasteiger charge is 2.17. The summed E-state index contributed by atoms with van der Waals surface area (Å²) in [7, 11) is 0. The quantitative estimate of drug-likeness (QED) is 0.124. The van der Waals surface area contributed by atoms with Gasteiger partial charge < -0.3 is 9.47 Å². The minimum atomic E-state index is 0.629. The van der Waals surface area contributed by atoms with Gasteiger partial charge in [0.2, 0.25) is 0 Å². The maximum Gasteiger partial charge on any atom is 0.119 e. The van der Waals surface area contributed by atoms with Gasteiger partial charge in [0.05, 0.1) is 22.6 Å². The van der Waals surface area contributed by atoms with E-state index in [9.17, 15) is 0 Å². The van der Waals surface area contributed by atoms with Crippen LogP contribution < -0.4 is 9.47 Å². The van der Waals surface area contributed by atoms with Crippen molar-refractivity contribution in [1.82, 2.24) is 0 Å². The van der Waals surface area contributed by atoms with Gasteiger partial charge in [-0.15, -0.1) is 22.7 Å². The van der Waals surface area contributed by atoms with Gasteiger partial charge >= 0.3 is 0 Å². The van der Waals surface area contributed by atoms with E-state index in [1.807, 2.05) is 22.7 Å². The van der Waals surface area contributed by atoms with Crippen LogP contribution in [0.2, 0.25) is 0 Å². The summed E-state index contributed by atoms with van der Waals surface area (Å²) in [6, 6.07) is 22.5. The van der Waals surface area contributed by atoms with Crippen LogP contribution in [-0.4, -0.2) is 13.2 Å². The molecule has 0 bridgehead atoms. The Balaban J connectivity index is 1.34. The number of hydrogen-bond donors (Lipinski definition) is 0. The monoisotopic (exact) mass is 596 g/mol. The van der Waals surface area contributed by atoms with Crippen molar-refractivity contribution in [2.24, 2.45) is 11.8 Å². The average Bonchev–Trinajstić information content (AvgIpc) is 3.58. The van der Waals surface area contributed by atoms with Gasteiger partial charge in [0.1, 0.15) is 11.5 Å². The lowest BCUT2D eigenvalue weighted by Gasteiger charge is -2.16. The molecule has 2 heterocycles. The van der Waals surface area contributed by atoms with Crippen molar-refractivity contribution >= 4 is 73.8 Å². The highest BCUT2D eigenvalue weighted by Crippen LogP contribution is 2.48. The van der Waals surface area contributed by atoms with Crippen LogP contribution >= 0.6 is 22.7 Å². The molecule has 0 aliphatic carbocycles. The van der Waals surface area contributed by atoms with Crippen molar-refractivity contribution in [2.75, 3.05) is 13.2 Å². The molecule has 0 fully saturated rings. The first-order valence-electron chi connectivity index (χ1n) is 16.1. The summed E-state index contributed by atoms with van der Waals surface area (Å²) in [4.78, 5) is 0. The first-order chi connectivity index (χ1) is 20.6. The van der Waals surface area contributed by atoms with Crippen LogP contribution in [0, 0.1) is 11.8 Å². The van der Waals surface area contributed by atoms with Gasteiger partial charge in [0, 0.05) is 30.9 Å². The summed E-state index contributed by atoms with van der Waals surface area (Å²) in [6.45, 7) is 10.7. The molecule has 0 saturated carbocycles. The van der Waals surface area contributed by atoms with E-state index in [2.05, 4.69) is 88.4 Å². The highest BCUT2D eigenvalue weighted by molar-refractivity contribution is 7.37. The molecular weight excluding hydrogens is 553 g/mol. The Morgan fingerprint density at radius 3 is 1.36 bits per heavy atom. The molecule has 220 valence electrons. The molecule has 0 radical (unpaired) electrons. The van der Waals surface area contributed by atoms with Crippen LogP contribution in [0.1, 0.15) is 79.1 Å². The number of fused-ring (bicyclic) bond motifs is 9. The smallest absolute Gasteiger partial charge is 0.119 e. The molecule has 6 rings (SSSR count). The number of ether oxygens (including phenoxy) is 2. The van der Waals surface area contributed by atoms with E-state index in [1.165, 1.54) is 102 Å². The lowest BCUT2D eigenvalue weighted by Crippen LogP contribution is -2.11. The van der Waals surface area contributed by atoms with E-state index >= 15 is 0 Å². The Bertz CT molecular complexity index is 1680. The van der Waals surface area contributed by atoms with Gasteiger partial charge in [-0.1, -0.05) is 103 Å². The molecule has 0 N–H and O–H groups in total. The van der Waals surface area contributed by atoms with Crippen molar-refractivity contribution < 1.29 is 9.47 Å². The molecule has 0 saturated heterocycles. The topological polar surface area (TPSA) is 18.5 Å². The third-order valence-corrected chi connectivity index (χ3v) is 11.7. The Morgan fingerprint density at radius 2 is 0.952 bits per heavy atom. The number of hydrogen-bond acceptors (Lipinski definition) is 4. The molecule has 0 amide bonds. The third-order valence-electron chi connectivity index (χ3n) is 9.05. The largest absolute Gasteiger partial charge is 0.493 e. The van der Waals surface area contributed by atoms with Crippen LogP contribution in [0.4, 0.5) is 0 Å². The summed E-state index contributed by atoms with van der Waals surface area (Å²) in [5, 5.41) is 7.89. The number of benzene rings is 4. The fourth-order valence-electron chi connectivity index (χ4n) is 6.18. The Hall–Kier alpha value is -2.82. The normalized spacial score (nSPS) is 13.5. The minimum Gasteiger partial charge on any atom is -0.493 e. The molecule has 2 atom stereocenters. The molecule has 2 aromatic heterocycles. The molecular formula is C38H44O2S2. The Morgan fingerprint density at radius 1 is 0.524 bits per heavy atom. The highest BCUT2D eigenvalue weighted by atomic mass is 32.1. The summed E-state index contributed by atoms with van der Waals surface area (Å²) in [5.74, 6) is 3.24. The second-order valence-electron chi connectivity index (χ2n) is 12.0. The van der Waals surface area contributed by atoms with Crippen LogP contribution in [-0.2, 0) is 0 Å². The number of thiophene rings is 2. The first-order valence-corrected chi connectivity index (χ1v) is 17.8. The molecule has 0 spiro atoms. The zero-order chi connectivity index (χ0) is 29.1. The van der Waals surface area contributed by atoms with Crippen molar-refractivity contribution in [2.45, 2.75) is 79.1 Å². The molecule has 0 aliphatic rings. The first kappa shape index (κ1) is 29.3. The third kappa shape index (κ3) is 5.85. The standard InChI is InChI=1S/C38H44O2S2/c1-5-9-11-25(7-3)23-39-29-17-13-27-15-19-31-35(33(27)21-29)41-38-32-20-16-28-14-18-30(22-34(28)36(32)42-37(31)38)40-24-26(8-4)12-10-6-2/h13-22,25-26H,5-12,23-24H2,1-4H3. The SMILES string of the molecule is CCCCC(CC)COc1ccc2ccc3c(sc4c5ccc6ccc(OCC(CC)CCCC)cc6c5sc34)c2c1. The van der Waals surface area contributed by atoms with Gasteiger partial charge in [-0.2, -0.15) is 0 Å². The van der Waals surface area contributed by atoms with Crippen molar-refractivity contribution in [3.63, 3.8) is 0 Å². The maximum absolute atomic E-state index is 6.35. The van der Waals surface area contributed by atoms with Crippen molar-refractivity contribution in [3.05, 3.63) is 60.7 Å². The molecule has 6 aromatic rings. The fraction of sp³-hybridized carbons (Fsp3) is 0.421. The van der Waals surface area contributed by atoms with E-state index in [1.54, 1.807) is 0 Å². The molecule has 4 heteroatoms. The van der Waals surface area contributed by atoms with Crippen molar-refractivity contribution in [1.29, 1.82) is 0 Å². The van der Waals surface area contributed by atoms with Crippen LogP contribution in [0.3, 0.4) is 0 Å². The number of unbranched alkanes of at least 4 members (excludes halogenated alkanes) is 2. The molecule has 4 aromatic carbocycles. The lowest BCUT2D eigenvalue weighted by atomic mass is 10.0. The van der Waals surface area contributed by atoms with Gasteiger partial charge in [0.25, 0.3) is 0 Å². The summed E-state index contributed by atoms with van der Waals surface area (Å²) in [5.41, 5.74) is 0. The zero-order valence-electron chi connectivity index (χ0n) is 25.6. The van der Waals surface area contributed by atoms with Gasteiger partial charge in [0.15, 0.2) is 0 Å². The van der Waals surface area contributed by atoms with Crippen molar-refractivity contribution in [3.8, 4) is 11.5 Å². The van der Waals surface area contributed by atoms with E-state index < -0.39 is 0 Å². The molecule has 2 nitrogen and oxygen atoms in total. The fourth-order valence-corrected chi connectivity index (χ4v) is 9.06. The minimum absolute atomic E-state index is 0.629. The Labute approximate surface area is 258 Å². The van der Waals surface area contributed by atoms with E-state index in [-0.39, 0.29) is 0 Å². The average molecular weight is 597 g/mol. The predicted octanol–water partition coefficient (Wildman–Crippen LogP) is 12.8. The predicted molar refractivity (Wildman–Crippen MR) is 187 cm³/mol. The second-order valence-corrected chi connectivity index (χ2v) is 14.0. The summed E-state index contributed by atoms with van der Waals surface area (Å²) >= 11 is 3.87. The lowest BCUT2D eigenvalue weighted by molar-refractivity contribution is 0.233. The van der Waals surface area contributed by atoms with Crippen LogP contribution in [0.25, 0.3) is 51.1 Å². The zero-order valence-corrected chi connectivity index (χ0v) is 27.3. The van der Waals surface area contributed by atoms with Crippen LogP contribution in [0.15, 0.2) is 60.7 Å². The Kier molecular flexibility index (Phi) is 9.21. The van der Waals surface area contributed by atoms with Crippen LogP contribution in [0.5, 0.6) is 11.5 Å². The maximum atomic E-state index is 6.35. The van der Waals surface area contributed by atoms with Gasteiger partial charge in [-0.3, -0.25) is 0 Å². The van der Waals surface area contributed by atoms with E-state index in [4.69, 9.17) is 9.47 Å². The summed E-state index contributed by atoms with van der Waals surface area (Å²) in [6.07, 6.45) is 9.90. The van der Waals surface area contributed by atoms with E-state index in [0.717, 1.165) is 24.7 Å². The van der Waals surface area contributed by atoms with Gasteiger partial charge in [-0.05, 0) is 59.7 Å². The van der Waals surface area contributed by atoms with Gasteiger partial charge in [-0.25, -0.2) is 0 Å². The second kappa shape index (κ2) is 13.2.